The van der Waals surface area contributed by atoms with E-state index in [1.165, 1.54) is 0 Å². The zero-order valence-electron chi connectivity index (χ0n) is 16.5. The summed E-state index contributed by atoms with van der Waals surface area (Å²) in [7, 11) is -4.02. The van der Waals surface area contributed by atoms with Gasteiger partial charge in [0, 0.05) is 0 Å². The van der Waals surface area contributed by atoms with Gasteiger partial charge >= 0.3 is 6.18 Å². The Labute approximate surface area is 170 Å². The van der Waals surface area contributed by atoms with E-state index in [4.69, 9.17) is 0 Å². The minimum atomic E-state index is -4.51. The van der Waals surface area contributed by atoms with Crippen molar-refractivity contribution < 1.29 is 21.6 Å². The van der Waals surface area contributed by atoms with Crippen LogP contribution in [0.25, 0.3) is 0 Å². The number of rotatable bonds is 9. The molecule has 158 valence electrons. The second-order valence-corrected chi connectivity index (χ2v) is 8.52. The SMILES string of the molecule is CCCC=C(CCC)[C@@H](NS(=O)(=O)c1ccc(C(F)(F)F)cc1)c1ccccc1. The molecule has 0 bridgehead atoms. The highest BCUT2D eigenvalue weighted by Gasteiger charge is 2.31. The van der Waals surface area contributed by atoms with Crippen LogP contribution in [0.3, 0.4) is 0 Å². The minimum Gasteiger partial charge on any atom is -0.207 e. The molecule has 2 aromatic rings. The normalized spacial score (nSPS) is 14.0. The minimum absolute atomic E-state index is 0.197. The van der Waals surface area contributed by atoms with E-state index in [-0.39, 0.29) is 4.90 Å². The molecule has 29 heavy (non-hydrogen) atoms. The van der Waals surface area contributed by atoms with Crippen molar-refractivity contribution >= 4 is 10.0 Å². The Kier molecular flexibility index (Phi) is 8.05. The van der Waals surface area contributed by atoms with E-state index in [1.54, 1.807) is 0 Å². The largest absolute Gasteiger partial charge is 0.416 e. The van der Waals surface area contributed by atoms with Crippen LogP contribution in [0.5, 0.6) is 0 Å². The van der Waals surface area contributed by atoms with Gasteiger partial charge in [-0.3, -0.25) is 0 Å². The number of allylic oxidation sites excluding steroid dienone is 1. The monoisotopic (exact) mass is 425 g/mol. The topological polar surface area (TPSA) is 46.2 Å². The third-order valence-corrected chi connectivity index (χ3v) is 5.94. The first kappa shape index (κ1) is 23.2. The summed E-state index contributed by atoms with van der Waals surface area (Å²) in [5, 5.41) is 0. The molecule has 0 heterocycles. The van der Waals surface area contributed by atoms with Crippen molar-refractivity contribution in [3.63, 3.8) is 0 Å². The van der Waals surface area contributed by atoms with Gasteiger partial charge in [0.15, 0.2) is 0 Å². The summed E-state index contributed by atoms with van der Waals surface area (Å²) < 4.78 is 66.9. The summed E-state index contributed by atoms with van der Waals surface area (Å²) in [6, 6.07) is 12.2. The predicted octanol–water partition coefficient (Wildman–Crippen LogP) is 6.25. The molecule has 1 N–H and O–H groups in total. The molecule has 0 aliphatic heterocycles. The van der Waals surface area contributed by atoms with Crippen LogP contribution >= 0.6 is 0 Å². The average molecular weight is 426 g/mol. The van der Waals surface area contributed by atoms with Crippen LogP contribution < -0.4 is 4.72 Å². The van der Waals surface area contributed by atoms with E-state index < -0.39 is 27.8 Å². The lowest BCUT2D eigenvalue weighted by molar-refractivity contribution is -0.137. The molecule has 0 unspecified atom stereocenters. The fourth-order valence-corrected chi connectivity index (χ4v) is 4.26. The zero-order chi connectivity index (χ0) is 21.5. The van der Waals surface area contributed by atoms with Gasteiger partial charge in [-0.1, -0.05) is 68.7 Å². The van der Waals surface area contributed by atoms with Gasteiger partial charge in [-0.15, -0.1) is 0 Å². The first-order valence-corrected chi connectivity index (χ1v) is 11.1. The van der Waals surface area contributed by atoms with Crippen LogP contribution in [-0.2, 0) is 16.2 Å². The predicted molar refractivity (Wildman–Crippen MR) is 109 cm³/mol. The van der Waals surface area contributed by atoms with Crippen LogP contribution in [0, 0.1) is 0 Å². The van der Waals surface area contributed by atoms with Gasteiger partial charge in [0.25, 0.3) is 0 Å². The second-order valence-electron chi connectivity index (χ2n) is 6.80. The Morgan fingerprint density at radius 3 is 2.14 bits per heavy atom. The molecule has 1 atom stereocenters. The van der Waals surface area contributed by atoms with Crippen molar-refractivity contribution in [2.75, 3.05) is 0 Å². The van der Waals surface area contributed by atoms with Crippen molar-refractivity contribution in [3.8, 4) is 0 Å². The van der Waals surface area contributed by atoms with Crippen molar-refractivity contribution in [1.82, 2.24) is 4.72 Å². The highest BCUT2D eigenvalue weighted by Crippen LogP contribution is 2.31. The van der Waals surface area contributed by atoms with Crippen LogP contribution in [0.2, 0.25) is 0 Å². The molecular formula is C22H26F3NO2S. The van der Waals surface area contributed by atoms with E-state index in [9.17, 15) is 21.6 Å². The van der Waals surface area contributed by atoms with Crippen LogP contribution in [0.1, 0.15) is 56.7 Å². The smallest absolute Gasteiger partial charge is 0.207 e. The lowest BCUT2D eigenvalue weighted by Gasteiger charge is -2.23. The molecule has 0 radical (unpaired) electrons. The Morgan fingerprint density at radius 2 is 1.62 bits per heavy atom. The van der Waals surface area contributed by atoms with Gasteiger partial charge < -0.3 is 0 Å². The van der Waals surface area contributed by atoms with E-state index >= 15 is 0 Å². The van der Waals surface area contributed by atoms with Crippen molar-refractivity contribution in [2.24, 2.45) is 0 Å². The van der Waals surface area contributed by atoms with Crippen molar-refractivity contribution in [1.29, 1.82) is 0 Å². The van der Waals surface area contributed by atoms with E-state index in [2.05, 4.69) is 10.8 Å². The number of halogens is 3. The highest BCUT2D eigenvalue weighted by atomic mass is 32.2. The third kappa shape index (κ3) is 6.44. The molecule has 3 nitrogen and oxygen atoms in total. The number of alkyl halides is 3. The molecule has 0 amide bonds. The zero-order valence-corrected chi connectivity index (χ0v) is 17.4. The van der Waals surface area contributed by atoms with Gasteiger partial charge in [0.05, 0.1) is 16.5 Å². The maximum Gasteiger partial charge on any atom is 0.416 e. The molecule has 7 heteroatoms. The average Bonchev–Trinajstić information content (AvgIpc) is 2.69. The molecule has 0 spiro atoms. The Morgan fingerprint density at radius 1 is 1.00 bits per heavy atom. The molecule has 0 aromatic heterocycles. The fourth-order valence-electron chi connectivity index (χ4n) is 3.03. The first-order valence-electron chi connectivity index (χ1n) is 9.62. The van der Waals surface area contributed by atoms with E-state index in [0.29, 0.717) is 0 Å². The number of nitrogens with one attached hydrogen (secondary N) is 1. The van der Waals surface area contributed by atoms with Crippen molar-refractivity contribution in [3.05, 3.63) is 77.4 Å². The number of unbranched alkanes of at least 4 members (excludes halogenated alkanes) is 1. The van der Waals surface area contributed by atoms with Gasteiger partial charge in [0.1, 0.15) is 0 Å². The number of hydrogen-bond donors (Lipinski definition) is 1. The molecule has 2 rings (SSSR count). The Hall–Kier alpha value is -2.12. The van der Waals surface area contributed by atoms with Crippen molar-refractivity contribution in [2.45, 2.75) is 56.6 Å². The summed E-state index contributed by atoms with van der Waals surface area (Å²) in [6.45, 7) is 4.07. The molecule has 0 fully saturated rings. The van der Waals surface area contributed by atoms with Crippen LogP contribution in [0.4, 0.5) is 13.2 Å². The molecular weight excluding hydrogens is 399 g/mol. The summed E-state index contributed by atoms with van der Waals surface area (Å²) >= 11 is 0. The Bertz CT molecular complexity index is 905. The molecule has 0 aliphatic carbocycles. The molecule has 0 saturated heterocycles. The first-order chi connectivity index (χ1) is 13.7. The molecule has 2 aromatic carbocycles. The number of hydrogen-bond acceptors (Lipinski definition) is 2. The number of sulfonamides is 1. The van der Waals surface area contributed by atoms with E-state index in [1.807, 2.05) is 44.2 Å². The number of benzene rings is 2. The maximum absolute atomic E-state index is 12.9. The van der Waals surface area contributed by atoms with Crippen LogP contribution in [-0.4, -0.2) is 8.42 Å². The third-order valence-electron chi connectivity index (χ3n) is 4.50. The van der Waals surface area contributed by atoms with Gasteiger partial charge in [0.2, 0.25) is 10.0 Å². The quantitative estimate of drug-likeness (QED) is 0.483. The lowest BCUT2D eigenvalue weighted by Crippen LogP contribution is -2.30. The van der Waals surface area contributed by atoms with E-state index in [0.717, 1.165) is 61.1 Å². The summed E-state index contributed by atoms with van der Waals surface area (Å²) in [5.41, 5.74) is 0.861. The van der Waals surface area contributed by atoms with Gasteiger partial charge in [-0.25, -0.2) is 8.42 Å². The van der Waals surface area contributed by atoms with Gasteiger partial charge in [-0.2, -0.15) is 17.9 Å². The van der Waals surface area contributed by atoms with Crippen LogP contribution in [0.15, 0.2) is 71.1 Å². The molecule has 0 aliphatic rings. The Balaban J connectivity index is 2.41. The summed E-state index contributed by atoms with van der Waals surface area (Å²) in [4.78, 5) is -0.197. The fraction of sp³-hybridized carbons (Fsp3) is 0.364. The summed E-state index contributed by atoms with van der Waals surface area (Å²) in [5.74, 6) is 0. The van der Waals surface area contributed by atoms with Gasteiger partial charge in [-0.05, 0) is 42.7 Å². The maximum atomic E-state index is 12.9. The highest BCUT2D eigenvalue weighted by molar-refractivity contribution is 7.89. The molecule has 0 saturated carbocycles. The summed E-state index contributed by atoms with van der Waals surface area (Å²) in [6.07, 6.45) is 0.854. The second kappa shape index (κ2) is 10.1. The standard InChI is InChI=1S/C22H26F3NO2S/c1-3-5-10-17(9-4-2)21(18-11-7-6-8-12-18)26-29(27,28)20-15-13-19(14-16-20)22(23,24)25/h6-8,10-16,21,26H,3-5,9H2,1-2H3/t21-/m1/s1. The lowest BCUT2D eigenvalue weighted by atomic mass is 9.95.